The van der Waals surface area contributed by atoms with Gasteiger partial charge in [-0.25, -0.2) is 9.78 Å². The van der Waals surface area contributed by atoms with Gasteiger partial charge in [0.2, 0.25) is 0 Å². The van der Waals surface area contributed by atoms with Gasteiger partial charge in [-0.1, -0.05) is 29.8 Å². The Morgan fingerprint density at radius 3 is 2.81 bits per heavy atom. The van der Waals surface area contributed by atoms with Crippen LogP contribution in [0.3, 0.4) is 0 Å². The molecular weight excluding hydrogens is 430 g/mol. The van der Waals surface area contributed by atoms with Crippen LogP contribution >= 0.6 is 11.3 Å². The summed E-state index contributed by atoms with van der Waals surface area (Å²) in [5.41, 5.74) is 14.3. The largest absolute Gasteiger partial charge is 0.858 e. The fourth-order valence-electron chi connectivity index (χ4n) is 3.61. The molecular formula is C21H19N7O3S. The van der Waals surface area contributed by atoms with E-state index in [1.807, 2.05) is 38.1 Å². The van der Waals surface area contributed by atoms with E-state index in [0.717, 1.165) is 22.5 Å². The first-order chi connectivity index (χ1) is 15.3. The average molecular weight is 449 g/mol. The molecule has 3 aromatic heterocycles. The maximum atomic E-state index is 13.1. The van der Waals surface area contributed by atoms with Gasteiger partial charge in [-0.05, 0) is 29.7 Å². The summed E-state index contributed by atoms with van der Waals surface area (Å²) in [5.74, 6) is -0.622. The second-order valence-electron chi connectivity index (χ2n) is 7.13. The standard InChI is InChI=1S/C21H19N7O3S/c1-4-10-7-5-6-9(2)15(10)25-19(29)17-14(23)13-12(16-21(30)31-27-28(16)3)11(8-22)18(24)26-20(13)32-17/h5-7H,4H2,1-3H3,(H5-,23,24,25,26,27,29,30). The number of anilines is 2. The molecule has 1 aromatic carbocycles. The molecule has 3 heterocycles. The number of benzene rings is 1. The highest BCUT2D eigenvalue weighted by molar-refractivity contribution is 7.21. The Kier molecular flexibility index (Phi) is 5.15. The van der Waals surface area contributed by atoms with Crippen LogP contribution in [0, 0.1) is 18.3 Å². The van der Waals surface area contributed by atoms with Gasteiger partial charge in [0.15, 0.2) is 7.05 Å². The van der Waals surface area contributed by atoms with Crippen LogP contribution in [-0.2, 0) is 13.5 Å². The van der Waals surface area contributed by atoms with E-state index >= 15 is 0 Å². The van der Waals surface area contributed by atoms with E-state index in [4.69, 9.17) is 16.0 Å². The van der Waals surface area contributed by atoms with Crippen LogP contribution < -0.4 is 26.9 Å². The molecule has 0 fully saturated rings. The highest BCUT2D eigenvalue weighted by Gasteiger charge is 2.31. The summed E-state index contributed by atoms with van der Waals surface area (Å²) in [6.45, 7) is 3.86. The number of aliphatic imine (C=N–C) groups is 1. The van der Waals surface area contributed by atoms with E-state index in [2.05, 4.69) is 15.2 Å². The van der Waals surface area contributed by atoms with Crippen molar-refractivity contribution >= 4 is 44.6 Å². The summed E-state index contributed by atoms with van der Waals surface area (Å²) in [4.78, 5) is 21.4. The first kappa shape index (κ1) is 21.1. The summed E-state index contributed by atoms with van der Waals surface area (Å²) in [5, 5.41) is 25.5. The SMILES string of the molecule is CCc1cccc(C)c1N=C([O-])c1sc2nc(N)c(C#N)c(-c3c(=O)o[nH][n+]3C)c2c1N. The van der Waals surface area contributed by atoms with Crippen molar-refractivity contribution in [2.75, 3.05) is 11.5 Å². The van der Waals surface area contributed by atoms with Crippen molar-refractivity contribution in [1.82, 2.24) is 10.3 Å². The first-order valence-corrected chi connectivity index (χ1v) is 10.4. The number of thiophene rings is 1. The quantitative estimate of drug-likeness (QED) is 0.240. The van der Waals surface area contributed by atoms with Gasteiger partial charge in [-0.2, -0.15) is 5.26 Å². The summed E-state index contributed by atoms with van der Waals surface area (Å²) in [6, 6.07) is 7.68. The Bertz CT molecular complexity index is 1500. The Morgan fingerprint density at radius 2 is 2.19 bits per heavy atom. The van der Waals surface area contributed by atoms with Crippen LogP contribution in [0.1, 0.15) is 28.5 Å². The normalized spacial score (nSPS) is 11.8. The molecule has 0 amide bonds. The second kappa shape index (κ2) is 7.82. The van der Waals surface area contributed by atoms with Crippen molar-refractivity contribution < 1.29 is 14.3 Å². The zero-order valence-corrected chi connectivity index (χ0v) is 18.3. The summed E-state index contributed by atoms with van der Waals surface area (Å²) in [7, 11) is 1.54. The van der Waals surface area contributed by atoms with E-state index in [-0.39, 0.29) is 38.6 Å². The number of nitrogens with two attached hydrogens (primary N) is 2. The van der Waals surface area contributed by atoms with Crippen LogP contribution in [0.4, 0.5) is 17.2 Å². The molecule has 0 bridgehead atoms. The van der Waals surface area contributed by atoms with E-state index < -0.39 is 11.5 Å². The summed E-state index contributed by atoms with van der Waals surface area (Å²) < 4.78 is 6.15. The number of pyridine rings is 1. The molecule has 0 aliphatic carbocycles. The number of hydrogen-bond donors (Lipinski definition) is 3. The van der Waals surface area contributed by atoms with Crippen LogP contribution in [0.25, 0.3) is 21.5 Å². The zero-order valence-electron chi connectivity index (χ0n) is 17.5. The van der Waals surface area contributed by atoms with Gasteiger partial charge in [0.1, 0.15) is 22.3 Å². The molecule has 11 heteroatoms. The van der Waals surface area contributed by atoms with E-state index in [1.54, 1.807) is 0 Å². The highest BCUT2D eigenvalue weighted by atomic mass is 32.1. The van der Waals surface area contributed by atoms with Crippen molar-refractivity contribution in [2.45, 2.75) is 20.3 Å². The number of nitrogen functional groups attached to an aromatic ring is 2. The predicted molar refractivity (Wildman–Crippen MR) is 119 cm³/mol. The number of aromatic amines is 1. The topological polar surface area (TPSA) is 174 Å². The Morgan fingerprint density at radius 1 is 1.44 bits per heavy atom. The molecule has 0 aliphatic rings. The number of nitriles is 1. The number of aryl methyl sites for hydroxylation is 3. The predicted octanol–water partition coefficient (Wildman–Crippen LogP) is 1.41. The smallest absolute Gasteiger partial charge is 0.435 e. The molecule has 162 valence electrons. The van der Waals surface area contributed by atoms with Gasteiger partial charge >= 0.3 is 11.3 Å². The van der Waals surface area contributed by atoms with Crippen LogP contribution in [0.5, 0.6) is 0 Å². The van der Waals surface area contributed by atoms with Gasteiger partial charge in [-0.15, -0.1) is 11.3 Å². The van der Waals surface area contributed by atoms with E-state index in [9.17, 15) is 15.2 Å². The number of H-pyrrole nitrogens is 1. The minimum Gasteiger partial charge on any atom is -0.858 e. The minimum absolute atomic E-state index is 0.0346. The number of aromatic nitrogens is 3. The van der Waals surface area contributed by atoms with Crippen molar-refractivity contribution in [1.29, 1.82) is 5.26 Å². The molecule has 0 aliphatic heterocycles. The number of nitrogens with one attached hydrogen (secondary N) is 1. The van der Waals surface area contributed by atoms with E-state index in [1.165, 1.54) is 11.7 Å². The van der Waals surface area contributed by atoms with Crippen molar-refractivity contribution in [3.05, 3.63) is 50.2 Å². The molecule has 0 spiro atoms. The van der Waals surface area contributed by atoms with Gasteiger partial charge in [0.25, 0.3) is 0 Å². The van der Waals surface area contributed by atoms with Crippen molar-refractivity contribution in [3.8, 4) is 17.3 Å². The molecule has 5 N–H and O–H groups in total. The lowest BCUT2D eigenvalue weighted by Crippen LogP contribution is -2.34. The zero-order chi connectivity index (χ0) is 23.2. The Hall–Kier alpha value is -4.17. The summed E-state index contributed by atoms with van der Waals surface area (Å²) in [6.07, 6.45) is 0.712. The second-order valence-corrected chi connectivity index (χ2v) is 8.12. The van der Waals surface area contributed by atoms with Gasteiger partial charge in [0, 0.05) is 5.90 Å². The first-order valence-electron chi connectivity index (χ1n) is 9.62. The molecule has 0 radical (unpaired) electrons. The number of para-hydroxylation sites is 1. The third-order valence-electron chi connectivity index (χ3n) is 5.17. The monoisotopic (exact) mass is 449 g/mol. The molecule has 0 saturated heterocycles. The van der Waals surface area contributed by atoms with Gasteiger partial charge < -0.3 is 16.6 Å². The van der Waals surface area contributed by atoms with Gasteiger partial charge in [-0.3, -0.25) is 9.52 Å². The van der Waals surface area contributed by atoms with Gasteiger partial charge in [0.05, 0.1) is 27.2 Å². The molecule has 0 atom stereocenters. The fraction of sp³-hybridized carbons (Fsp3) is 0.190. The van der Waals surface area contributed by atoms with Crippen LogP contribution in [0.2, 0.25) is 0 Å². The van der Waals surface area contributed by atoms with Crippen molar-refractivity contribution in [2.24, 2.45) is 12.0 Å². The minimum atomic E-state index is -0.716. The molecule has 0 saturated carbocycles. The maximum absolute atomic E-state index is 13.1. The number of rotatable bonds is 4. The molecule has 4 rings (SSSR count). The van der Waals surface area contributed by atoms with Crippen molar-refractivity contribution in [3.63, 3.8) is 0 Å². The fourth-order valence-corrected chi connectivity index (χ4v) is 4.60. The number of nitrogens with zero attached hydrogens (tertiary/aromatic N) is 4. The lowest BCUT2D eigenvalue weighted by atomic mass is 10.0. The van der Waals surface area contributed by atoms with E-state index in [0.29, 0.717) is 16.9 Å². The summed E-state index contributed by atoms with van der Waals surface area (Å²) >= 11 is 1.01. The highest BCUT2D eigenvalue weighted by Crippen LogP contribution is 2.41. The molecule has 4 aromatic rings. The Balaban J connectivity index is 2.04. The maximum Gasteiger partial charge on any atom is 0.435 e. The molecule has 0 unspecified atom stereocenters. The molecule has 32 heavy (non-hydrogen) atoms. The third kappa shape index (κ3) is 3.17. The number of hydrogen-bond acceptors (Lipinski definition) is 9. The molecule has 10 nitrogen and oxygen atoms in total. The van der Waals surface area contributed by atoms with Crippen LogP contribution in [0.15, 0.2) is 32.5 Å². The Labute approximate surface area is 186 Å². The number of fused-ring (bicyclic) bond motifs is 1. The lowest BCUT2D eigenvalue weighted by molar-refractivity contribution is -0.730. The average Bonchev–Trinajstić information content (AvgIpc) is 3.27. The third-order valence-corrected chi connectivity index (χ3v) is 6.25. The van der Waals surface area contributed by atoms with Crippen LogP contribution in [-0.4, -0.2) is 16.2 Å². The lowest BCUT2D eigenvalue weighted by Gasteiger charge is -2.13.